The molecule has 0 saturated heterocycles. The van der Waals surface area contributed by atoms with Gasteiger partial charge in [0.15, 0.2) is 0 Å². The molecule has 1 aromatic rings. The Morgan fingerprint density at radius 2 is 1.89 bits per heavy atom. The zero-order valence-corrected chi connectivity index (χ0v) is 10.8. The number of phenolic OH excluding ortho intramolecular Hbond substituents is 1. The molecule has 0 unspecified atom stereocenters. The third-order valence-corrected chi connectivity index (χ3v) is 3.64. The zero-order chi connectivity index (χ0) is 13.6. The summed E-state index contributed by atoms with van der Waals surface area (Å²) >= 11 is 0. The maximum atomic E-state index is 11.8. The Bertz CT molecular complexity index is 496. The summed E-state index contributed by atoms with van der Waals surface area (Å²) in [6.07, 6.45) is 0.0884. The molecule has 0 saturated carbocycles. The molecule has 1 aromatic carbocycles. The van der Waals surface area contributed by atoms with Crippen molar-refractivity contribution in [1.29, 1.82) is 0 Å². The molecule has 1 rings (SSSR count). The Labute approximate surface area is 106 Å². The molecule has 0 radical (unpaired) electrons. The first-order valence-corrected chi connectivity index (χ1v) is 6.99. The Hall–Kier alpha value is -1.60. The van der Waals surface area contributed by atoms with Gasteiger partial charge in [0.05, 0.1) is 4.90 Å². The van der Waals surface area contributed by atoms with E-state index in [0.717, 1.165) is 0 Å². The fraction of sp³-hybridized carbons (Fsp3) is 0.364. The molecule has 0 aliphatic rings. The number of nitrogens with one attached hydrogen (secondary N) is 2. The highest BCUT2D eigenvalue weighted by molar-refractivity contribution is 7.89. The Morgan fingerprint density at radius 3 is 2.44 bits per heavy atom. The summed E-state index contributed by atoms with van der Waals surface area (Å²) in [5.41, 5.74) is 0. The van der Waals surface area contributed by atoms with Crippen molar-refractivity contribution in [3.05, 3.63) is 24.3 Å². The van der Waals surface area contributed by atoms with E-state index in [4.69, 9.17) is 5.11 Å². The molecule has 100 valence electrons. The lowest BCUT2D eigenvalue weighted by Gasteiger charge is -2.06. The summed E-state index contributed by atoms with van der Waals surface area (Å²) in [7, 11) is -3.63. The van der Waals surface area contributed by atoms with Gasteiger partial charge in [-0.25, -0.2) is 13.1 Å². The normalized spacial score (nSPS) is 11.2. The van der Waals surface area contributed by atoms with Crippen LogP contribution in [0.25, 0.3) is 0 Å². The van der Waals surface area contributed by atoms with E-state index in [0.29, 0.717) is 6.54 Å². The molecule has 0 bridgehead atoms. The molecule has 6 nitrogen and oxygen atoms in total. The number of rotatable bonds is 6. The smallest absolute Gasteiger partial charge is 0.240 e. The van der Waals surface area contributed by atoms with Crippen LogP contribution in [0.5, 0.6) is 5.75 Å². The van der Waals surface area contributed by atoms with Crippen molar-refractivity contribution in [1.82, 2.24) is 10.0 Å². The lowest BCUT2D eigenvalue weighted by molar-refractivity contribution is -0.120. The largest absolute Gasteiger partial charge is 0.508 e. The predicted octanol–water partition coefficient (Wildman–Crippen LogP) is 0.197. The minimum absolute atomic E-state index is 0.00345. The van der Waals surface area contributed by atoms with Gasteiger partial charge in [-0.05, 0) is 31.2 Å². The Balaban J connectivity index is 2.55. The predicted molar refractivity (Wildman–Crippen MR) is 66.6 cm³/mol. The van der Waals surface area contributed by atoms with Crippen LogP contribution in [-0.2, 0) is 14.8 Å². The highest BCUT2D eigenvalue weighted by atomic mass is 32.2. The number of carbonyl (C=O) groups excluding carboxylic acids is 1. The van der Waals surface area contributed by atoms with Crippen LogP contribution in [-0.4, -0.2) is 32.5 Å². The quantitative estimate of drug-likeness (QED) is 0.689. The highest BCUT2D eigenvalue weighted by Crippen LogP contribution is 2.13. The van der Waals surface area contributed by atoms with E-state index in [9.17, 15) is 13.2 Å². The van der Waals surface area contributed by atoms with Crippen LogP contribution in [0.2, 0.25) is 0 Å². The second kappa shape index (κ2) is 6.36. The van der Waals surface area contributed by atoms with Crippen LogP contribution in [0.15, 0.2) is 29.2 Å². The maximum Gasteiger partial charge on any atom is 0.240 e. The summed E-state index contributed by atoms with van der Waals surface area (Å²) in [5.74, 6) is -0.206. The van der Waals surface area contributed by atoms with Crippen molar-refractivity contribution in [3.63, 3.8) is 0 Å². The molecular weight excluding hydrogens is 256 g/mol. The van der Waals surface area contributed by atoms with Gasteiger partial charge < -0.3 is 10.4 Å². The molecule has 0 aromatic heterocycles. The first-order chi connectivity index (χ1) is 8.45. The van der Waals surface area contributed by atoms with Crippen LogP contribution in [0.4, 0.5) is 0 Å². The van der Waals surface area contributed by atoms with Gasteiger partial charge in [-0.3, -0.25) is 4.79 Å². The van der Waals surface area contributed by atoms with Crippen LogP contribution < -0.4 is 10.0 Å². The minimum Gasteiger partial charge on any atom is -0.508 e. The minimum atomic E-state index is -3.63. The van der Waals surface area contributed by atoms with E-state index in [2.05, 4.69) is 10.0 Å². The average molecular weight is 272 g/mol. The molecule has 0 spiro atoms. The van der Waals surface area contributed by atoms with E-state index in [-0.39, 0.29) is 29.5 Å². The summed E-state index contributed by atoms with van der Waals surface area (Å²) in [6.45, 7) is 2.34. The number of aromatic hydroxyl groups is 1. The SMILES string of the molecule is CCNC(=O)CCNS(=O)(=O)c1ccc(O)cc1. The fourth-order valence-corrected chi connectivity index (χ4v) is 2.32. The summed E-state index contributed by atoms with van der Waals surface area (Å²) in [4.78, 5) is 11.2. The second-order valence-electron chi connectivity index (χ2n) is 3.60. The van der Waals surface area contributed by atoms with Crippen molar-refractivity contribution in [2.45, 2.75) is 18.2 Å². The molecule has 0 atom stereocenters. The molecule has 18 heavy (non-hydrogen) atoms. The fourth-order valence-electron chi connectivity index (χ4n) is 1.29. The number of benzene rings is 1. The van der Waals surface area contributed by atoms with Crippen LogP contribution in [0, 0.1) is 0 Å². The van der Waals surface area contributed by atoms with Gasteiger partial charge >= 0.3 is 0 Å². The first-order valence-electron chi connectivity index (χ1n) is 5.51. The highest BCUT2D eigenvalue weighted by Gasteiger charge is 2.13. The van der Waals surface area contributed by atoms with E-state index in [1.54, 1.807) is 6.92 Å². The Morgan fingerprint density at radius 1 is 1.28 bits per heavy atom. The molecule has 0 heterocycles. The molecular formula is C11H16N2O4S. The van der Waals surface area contributed by atoms with Crippen LogP contribution in [0.1, 0.15) is 13.3 Å². The van der Waals surface area contributed by atoms with Crippen molar-refractivity contribution >= 4 is 15.9 Å². The van der Waals surface area contributed by atoms with Gasteiger partial charge in [0.25, 0.3) is 0 Å². The van der Waals surface area contributed by atoms with Crippen molar-refractivity contribution in [3.8, 4) is 5.75 Å². The summed E-state index contributed by atoms with van der Waals surface area (Å²) in [6, 6.07) is 5.17. The number of hydrogen-bond donors (Lipinski definition) is 3. The summed E-state index contributed by atoms with van der Waals surface area (Å²) < 4.78 is 25.8. The van der Waals surface area contributed by atoms with Crippen molar-refractivity contribution in [2.75, 3.05) is 13.1 Å². The van der Waals surface area contributed by atoms with Crippen LogP contribution in [0.3, 0.4) is 0 Å². The Kier molecular flexibility index (Phi) is 5.11. The number of hydrogen-bond acceptors (Lipinski definition) is 4. The summed E-state index contributed by atoms with van der Waals surface area (Å²) in [5, 5.41) is 11.6. The number of phenols is 1. The molecule has 3 N–H and O–H groups in total. The van der Waals surface area contributed by atoms with E-state index >= 15 is 0 Å². The lowest BCUT2D eigenvalue weighted by Crippen LogP contribution is -2.30. The lowest BCUT2D eigenvalue weighted by atomic mass is 10.3. The van der Waals surface area contributed by atoms with E-state index in [1.165, 1.54) is 24.3 Å². The first kappa shape index (κ1) is 14.5. The second-order valence-corrected chi connectivity index (χ2v) is 5.36. The molecule has 0 fully saturated rings. The van der Waals surface area contributed by atoms with Gasteiger partial charge in [0.2, 0.25) is 15.9 Å². The van der Waals surface area contributed by atoms with Crippen molar-refractivity contribution in [2.24, 2.45) is 0 Å². The van der Waals surface area contributed by atoms with Crippen LogP contribution >= 0.6 is 0 Å². The third-order valence-electron chi connectivity index (χ3n) is 2.17. The zero-order valence-electron chi connectivity index (χ0n) is 10.0. The van der Waals surface area contributed by atoms with Gasteiger partial charge in [0, 0.05) is 19.5 Å². The molecule has 1 amide bonds. The number of amides is 1. The molecule has 7 heteroatoms. The topological polar surface area (TPSA) is 95.5 Å². The van der Waals surface area contributed by atoms with Gasteiger partial charge in [-0.2, -0.15) is 0 Å². The number of carbonyl (C=O) groups is 1. The van der Waals surface area contributed by atoms with Gasteiger partial charge in [-0.1, -0.05) is 0 Å². The number of sulfonamides is 1. The average Bonchev–Trinajstić information content (AvgIpc) is 2.29. The van der Waals surface area contributed by atoms with Gasteiger partial charge in [0.1, 0.15) is 5.75 Å². The van der Waals surface area contributed by atoms with E-state index < -0.39 is 10.0 Å². The molecule has 0 aliphatic heterocycles. The van der Waals surface area contributed by atoms with Crippen molar-refractivity contribution < 1.29 is 18.3 Å². The molecule has 0 aliphatic carbocycles. The van der Waals surface area contributed by atoms with E-state index in [1.807, 2.05) is 0 Å². The standard InChI is InChI=1S/C11H16N2O4S/c1-2-12-11(15)7-8-13-18(16,17)10-5-3-9(14)4-6-10/h3-6,13-14H,2,7-8H2,1H3,(H,12,15). The van der Waals surface area contributed by atoms with Gasteiger partial charge in [-0.15, -0.1) is 0 Å². The third kappa shape index (κ3) is 4.34. The maximum absolute atomic E-state index is 11.8. The monoisotopic (exact) mass is 272 g/mol.